The molecule has 0 radical (unpaired) electrons. The van der Waals surface area contributed by atoms with Crippen molar-refractivity contribution in [2.75, 3.05) is 0 Å². The number of hydrogen-bond donors (Lipinski definition) is 0. The zero-order chi connectivity index (χ0) is 11.7. The Kier molecular flexibility index (Phi) is 7.18. The fourth-order valence-electron chi connectivity index (χ4n) is 1.32. The molecule has 0 aromatic rings. The Bertz CT molecular complexity index is 180. The second-order valence-electron chi connectivity index (χ2n) is 4.83. The summed E-state index contributed by atoms with van der Waals surface area (Å²) in [7, 11) is 0. The number of rotatable bonds is 6. The van der Waals surface area contributed by atoms with Crippen LogP contribution in [0.3, 0.4) is 0 Å². The second-order valence-corrected chi connectivity index (χ2v) is 4.83. The van der Waals surface area contributed by atoms with Gasteiger partial charge in [0.15, 0.2) is 5.60 Å². The molecule has 0 aliphatic carbocycles. The van der Waals surface area contributed by atoms with E-state index < -0.39 is 0 Å². The van der Waals surface area contributed by atoms with Crippen molar-refractivity contribution in [1.29, 1.82) is 0 Å². The van der Waals surface area contributed by atoms with Gasteiger partial charge in [-0.15, -0.1) is 0 Å². The van der Waals surface area contributed by atoms with Crippen LogP contribution in [0.1, 0.15) is 66.2 Å². The van der Waals surface area contributed by atoms with Crippen molar-refractivity contribution in [3.63, 3.8) is 0 Å². The summed E-state index contributed by atoms with van der Waals surface area (Å²) in [4.78, 5) is 0. The molecule has 0 rings (SSSR count). The molecule has 0 spiro atoms. The van der Waals surface area contributed by atoms with Gasteiger partial charge in [-0.3, -0.25) is 4.58 Å². The molecule has 3 heteroatoms. The molecule has 0 saturated heterocycles. The van der Waals surface area contributed by atoms with Crippen LogP contribution in [0.25, 0.3) is 0 Å². The minimum atomic E-state index is -0.344. The molecule has 0 aliphatic rings. The molecular formula is C12H24O3. The summed E-state index contributed by atoms with van der Waals surface area (Å²) in [6.45, 7) is 7.90. The van der Waals surface area contributed by atoms with Gasteiger partial charge in [0.05, 0.1) is 0 Å². The van der Waals surface area contributed by atoms with Gasteiger partial charge in [-0.25, -0.2) is 0 Å². The molecule has 0 atom stereocenters. The Balaban J connectivity index is 3.64. The summed E-state index contributed by atoms with van der Waals surface area (Å²) in [5, 5.41) is 10.4. The van der Waals surface area contributed by atoms with E-state index in [1.807, 2.05) is 20.8 Å². The van der Waals surface area contributed by atoms with E-state index in [0.29, 0.717) is 6.42 Å². The third-order valence-electron chi connectivity index (χ3n) is 2.00. The first-order valence-corrected chi connectivity index (χ1v) is 5.84. The first-order valence-electron chi connectivity index (χ1n) is 5.84. The zero-order valence-electron chi connectivity index (χ0n) is 10.5. The van der Waals surface area contributed by atoms with Crippen molar-refractivity contribution in [3.05, 3.63) is 0 Å². The zero-order valence-corrected chi connectivity index (χ0v) is 10.5. The third kappa shape index (κ3) is 9.57. The second kappa shape index (κ2) is 7.55. The predicted molar refractivity (Wildman–Crippen MR) is 59.2 cm³/mol. The number of esters is 1. The van der Waals surface area contributed by atoms with Crippen LogP contribution < -0.4 is 5.26 Å². The van der Waals surface area contributed by atoms with Crippen LogP contribution in [0.2, 0.25) is 0 Å². The topological polar surface area (TPSA) is 43.6 Å². The average molecular weight is 216 g/mol. The lowest BCUT2D eigenvalue weighted by Crippen LogP contribution is -2.26. The van der Waals surface area contributed by atoms with Crippen LogP contribution in [0, 0.1) is 0 Å². The quantitative estimate of drug-likeness (QED) is 0.225. The first kappa shape index (κ1) is 14.3. The average Bonchev–Trinajstić information content (AvgIpc) is 2.14. The van der Waals surface area contributed by atoms with Crippen LogP contribution in [-0.4, -0.2) is 11.6 Å². The van der Waals surface area contributed by atoms with Gasteiger partial charge in [0.25, 0.3) is 0 Å². The first-order chi connectivity index (χ1) is 6.99. The molecule has 3 nitrogen and oxygen atoms in total. The van der Waals surface area contributed by atoms with Crippen LogP contribution in [0.5, 0.6) is 0 Å². The van der Waals surface area contributed by atoms with Gasteiger partial charge in [-0.2, -0.15) is 0 Å². The Hall–Kier alpha value is -0.730. The lowest BCUT2D eigenvalue weighted by atomic mass is 10.1. The fourth-order valence-corrected chi connectivity index (χ4v) is 1.32. The lowest BCUT2D eigenvalue weighted by molar-refractivity contribution is -1.05. The molecule has 0 aliphatic heterocycles. The van der Waals surface area contributed by atoms with Crippen molar-refractivity contribution in [2.24, 2.45) is 0 Å². The highest BCUT2D eigenvalue weighted by Gasteiger charge is 2.25. The van der Waals surface area contributed by atoms with E-state index in [9.17, 15) is 5.26 Å². The molecule has 0 aromatic heterocycles. The van der Waals surface area contributed by atoms with Crippen LogP contribution >= 0.6 is 0 Å². The summed E-state index contributed by atoms with van der Waals surface area (Å²) in [5.41, 5.74) is -0.344. The lowest BCUT2D eigenvalue weighted by Gasteiger charge is -2.11. The maximum atomic E-state index is 10.4. The van der Waals surface area contributed by atoms with Gasteiger partial charge in [-0.05, 0) is 6.42 Å². The number of hydrogen-bond acceptors (Lipinski definition) is 2. The highest BCUT2D eigenvalue weighted by Crippen LogP contribution is 2.11. The van der Waals surface area contributed by atoms with E-state index in [1.165, 1.54) is 19.3 Å². The van der Waals surface area contributed by atoms with Crippen molar-refractivity contribution in [2.45, 2.75) is 71.8 Å². The molecule has 0 N–H and O–H groups in total. The summed E-state index contributed by atoms with van der Waals surface area (Å²) in [6.07, 6.45) is 6.42. The van der Waals surface area contributed by atoms with Gasteiger partial charge < -0.3 is 9.99 Å². The molecule has 0 saturated carbocycles. The van der Waals surface area contributed by atoms with Gasteiger partial charge >= 0.3 is 5.97 Å². The molecule has 0 bridgehead atoms. The van der Waals surface area contributed by atoms with E-state index in [4.69, 9.17) is 4.74 Å². The van der Waals surface area contributed by atoms with Gasteiger partial charge in [-0.1, -0.05) is 32.6 Å². The minimum Gasteiger partial charge on any atom is -0.588 e. The molecule has 0 heterocycles. The van der Waals surface area contributed by atoms with Gasteiger partial charge in [0.2, 0.25) is 0 Å². The van der Waals surface area contributed by atoms with E-state index in [0.717, 1.165) is 12.8 Å². The highest BCUT2D eigenvalue weighted by atomic mass is 17.1. The van der Waals surface area contributed by atoms with Crippen molar-refractivity contribution in [1.82, 2.24) is 0 Å². The maximum Gasteiger partial charge on any atom is 0.497 e. The summed E-state index contributed by atoms with van der Waals surface area (Å²) >= 11 is 0. The van der Waals surface area contributed by atoms with Crippen LogP contribution in [0.15, 0.2) is 0 Å². The fraction of sp³-hybridized carbons (Fsp3) is 0.917. The normalized spacial score (nSPS) is 12.9. The largest absolute Gasteiger partial charge is 0.588 e. The molecule has 15 heavy (non-hydrogen) atoms. The van der Waals surface area contributed by atoms with Crippen LogP contribution in [0.4, 0.5) is 0 Å². The summed E-state index contributed by atoms with van der Waals surface area (Å²) in [6, 6.07) is 0. The standard InChI is InChI=1S/C12H24O3/c1-5-6-7-8-9-10-11(15-13)14-12(2,3)4/h5-10H2,1-4H3. The summed E-state index contributed by atoms with van der Waals surface area (Å²) < 4.78 is 9.35. The van der Waals surface area contributed by atoms with Gasteiger partial charge in [0.1, 0.15) is 6.42 Å². The molecule has 0 unspecified atom stereocenters. The Morgan fingerprint density at radius 1 is 1.13 bits per heavy atom. The monoisotopic (exact) mass is 216 g/mol. The Labute approximate surface area is 93.1 Å². The van der Waals surface area contributed by atoms with Crippen molar-refractivity contribution < 1.29 is 14.6 Å². The highest BCUT2D eigenvalue weighted by molar-refractivity contribution is 5.69. The van der Waals surface area contributed by atoms with E-state index >= 15 is 0 Å². The van der Waals surface area contributed by atoms with Crippen molar-refractivity contribution >= 4 is 5.97 Å². The number of carbonyl (C=O) groups excluding carboxylic acids is 1. The van der Waals surface area contributed by atoms with Crippen LogP contribution in [-0.2, 0) is 9.31 Å². The Morgan fingerprint density at radius 2 is 1.73 bits per heavy atom. The predicted octanol–water partition coefficient (Wildman–Crippen LogP) is 2.50. The molecule has 90 valence electrons. The van der Waals surface area contributed by atoms with E-state index in [1.54, 1.807) is 0 Å². The van der Waals surface area contributed by atoms with E-state index in [-0.39, 0.29) is 11.6 Å². The molecule has 0 fully saturated rings. The van der Waals surface area contributed by atoms with Gasteiger partial charge in [0, 0.05) is 20.8 Å². The van der Waals surface area contributed by atoms with Crippen molar-refractivity contribution in [3.8, 4) is 0 Å². The smallest absolute Gasteiger partial charge is 0.497 e. The van der Waals surface area contributed by atoms with E-state index in [2.05, 4.69) is 11.5 Å². The third-order valence-corrected chi connectivity index (χ3v) is 2.00. The Morgan fingerprint density at radius 3 is 2.20 bits per heavy atom. The maximum absolute atomic E-state index is 10.4. The SMILES string of the molecule is CCCCCCCC(OC(C)(C)C)=[O+][O-]. The number of ether oxygens (including phenoxy) is 1. The summed E-state index contributed by atoms with van der Waals surface area (Å²) in [5.74, 6) is 0.221. The molecule has 0 amide bonds. The molecule has 0 aromatic carbocycles. The number of unbranched alkanes of at least 4 members (excludes halogenated alkanes) is 4. The molecular weight excluding hydrogens is 192 g/mol. The minimum absolute atomic E-state index is 0.221.